The summed E-state index contributed by atoms with van der Waals surface area (Å²) in [6.45, 7) is 3.85. The molecule has 0 atom stereocenters. The van der Waals surface area contributed by atoms with E-state index in [1.165, 1.54) is 4.57 Å². The summed E-state index contributed by atoms with van der Waals surface area (Å²) < 4.78 is 3.09. The van der Waals surface area contributed by atoms with Crippen LogP contribution in [0, 0.1) is 11.3 Å². The van der Waals surface area contributed by atoms with Crippen molar-refractivity contribution in [3.8, 4) is 11.9 Å². The number of rotatable bonds is 2. The molecule has 17 heavy (non-hydrogen) atoms. The van der Waals surface area contributed by atoms with Gasteiger partial charge in [-0.15, -0.1) is 0 Å². The van der Waals surface area contributed by atoms with E-state index in [4.69, 9.17) is 5.26 Å². The minimum Gasteiger partial charge on any atom is -0.308 e. The van der Waals surface area contributed by atoms with Gasteiger partial charge in [0.2, 0.25) is 5.82 Å². The maximum Gasteiger partial charge on any atom is 0.294 e. The quantitative estimate of drug-likeness (QED) is 0.782. The van der Waals surface area contributed by atoms with Crippen LogP contribution in [0.15, 0.2) is 35.5 Å². The first-order valence-electron chi connectivity index (χ1n) is 5.30. The van der Waals surface area contributed by atoms with Crippen LogP contribution in [0.25, 0.3) is 5.82 Å². The van der Waals surface area contributed by atoms with Crippen molar-refractivity contribution in [2.45, 2.75) is 19.9 Å². The second kappa shape index (κ2) is 4.26. The van der Waals surface area contributed by atoms with E-state index in [9.17, 15) is 4.79 Å². The molecule has 5 nitrogen and oxygen atoms in total. The van der Waals surface area contributed by atoms with E-state index >= 15 is 0 Å². The predicted octanol–water partition coefficient (Wildman–Crippen LogP) is 1.49. The molecule has 0 fully saturated rings. The first-order chi connectivity index (χ1) is 8.15. The number of hydrogen-bond donors (Lipinski definition) is 0. The Bertz CT molecular complexity index is 630. The molecule has 0 saturated carbocycles. The summed E-state index contributed by atoms with van der Waals surface area (Å²) in [7, 11) is 0. The van der Waals surface area contributed by atoms with Gasteiger partial charge in [-0.1, -0.05) is 0 Å². The zero-order chi connectivity index (χ0) is 12.4. The molecule has 2 heterocycles. The second-order valence-corrected chi connectivity index (χ2v) is 3.93. The van der Waals surface area contributed by atoms with E-state index in [1.54, 1.807) is 35.3 Å². The molecule has 86 valence electrons. The third kappa shape index (κ3) is 1.85. The van der Waals surface area contributed by atoms with Gasteiger partial charge in [0.25, 0.3) is 5.56 Å². The zero-order valence-corrected chi connectivity index (χ0v) is 9.66. The SMILES string of the molecule is CC(C)n1ccnc(-n2cccc2C#N)c1=O. The topological polar surface area (TPSA) is 63.6 Å². The second-order valence-electron chi connectivity index (χ2n) is 3.93. The molecule has 2 aromatic heterocycles. The molecule has 0 aliphatic heterocycles. The van der Waals surface area contributed by atoms with Crippen LogP contribution in [0.1, 0.15) is 25.6 Å². The lowest BCUT2D eigenvalue weighted by molar-refractivity contribution is 0.570. The Kier molecular flexibility index (Phi) is 2.79. The highest BCUT2D eigenvalue weighted by Crippen LogP contribution is 2.07. The normalized spacial score (nSPS) is 10.5. The van der Waals surface area contributed by atoms with Crippen LogP contribution in [0.4, 0.5) is 0 Å². The van der Waals surface area contributed by atoms with Crippen LogP contribution in [0.2, 0.25) is 0 Å². The molecule has 0 saturated heterocycles. The molecule has 0 aliphatic rings. The van der Waals surface area contributed by atoms with Gasteiger partial charge in [-0.25, -0.2) is 4.98 Å². The predicted molar refractivity (Wildman–Crippen MR) is 62.9 cm³/mol. The van der Waals surface area contributed by atoms with Crippen molar-refractivity contribution in [3.63, 3.8) is 0 Å². The highest BCUT2D eigenvalue weighted by Gasteiger charge is 2.11. The van der Waals surface area contributed by atoms with Gasteiger partial charge in [-0.3, -0.25) is 9.36 Å². The van der Waals surface area contributed by atoms with E-state index in [2.05, 4.69) is 4.98 Å². The van der Waals surface area contributed by atoms with Crippen molar-refractivity contribution in [3.05, 3.63) is 46.8 Å². The van der Waals surface area contributed by atoms with Gasteiger partial charge in [-0.2, -0.15) is 5.26 Å². The summed E-state index contributed by atoms with van der Waals surface area (Å²) in [6, 6.07) is 5.45. The number of hydrogen-bond acceptors (Lipinski definition) is 3. The van der Waals surface area contributed by atoms with E-state index in [-0.39, 0.29) is 17.4 Å². The number of nitriles is 1. The van der Waals surface area contributed by atoms with Crippen LogP contribution in [-0.2, 0) is 0 Å². The van der Waals surface area contributed by atoms with Crippen molar-refractivity contribution in [1.29, 1.82) is 5.26 Å². The van der Waals surface area contributed by atoms with Crippen LogP contribution in [-0.4, -0.2) is 14.1 Å². The first-order valence-corrected chi connectivity index (χ1v) is 5.30. The van der Waals surface area contributed by atoms with Crippen LogP contribution < -0.4 is 5.56 Å². The van der Waals surface area contributed by atoms with E-state index in [1.807, 2.05) is 19.9 Å². The van der Waals surface area contributed by atoms with Gasteiger partial charge in [0.05, 0.1) is 0 Å². The van der Waals surface area contributed by atoms with Crippen LogP contribution in [0.3, 0.4) is 0 Å². The zero-order valence-electron chi connectivity index (χ0n) is 9.66. The van der Waals surface area contributed by atoms with Crippen molar-refractivity contribution >= 4 is 0 Å². The summed E-state index contributed by atoms with van der Waals surface area (Å²) >= 11 is 0. The van der Waals surface area contributed by atoms with Gasteiger partial charge in [0.1, 0.15) is 11.8 Å². The summed E-state index contributed by atoms with van der Waals surface area (Å²) in [4.78, 5) is 16.2. The minimum absolute atomic E-state index is 0.0605. The highest BCUT2D eigenvalue weighted by molar-refractivity contribution is 5.32. The van der Waals surface area contributed by atoms with E-state index < -0.39 is 0 Å². The Labute approximate surface area is 98.6 Å². The minimum atomic E-state index is -0.199. The summed E-state index contributed by atoms with van der Waals surface area (Å²) in [5, 5.41) is 8.93. The molecular weight excluding hydrogens is 216 g/mol. The van der Waals surface area contributed by atoms with Gasteiger partial charge in [0, 0.05) is 24.6 Å². The largest absolute Gasteiger partial charge is 0.308 e. The van der Waals surface area contributed by atoms with Gasteiger partial charge in [0.15, 0.2) is 0 Å². The molecule has 2 rings (SSSR count). The fourth-order valence-electron chi connectivity index (χ4n) is 1.64. The molecule has 0 N–H and O–H groups in total. The van der Waals surface area contributed by atoms with Gasteiger partial charge in [-0.05, 0) is 26.0 Å². The van der Waals surface area contributed by atoms with Crippen LogP contribution in [0.5, 0.6) is 0 Å². The Morgan fingerprint density at radius 3 is 2.82 bits per heavy atom. The smallest absolute Gasteiger partial charge is 0.294 e. The first kappa shape index (κ1) is 11.1. The Hall–Kier alpha value is -2.35. The Morgan fingerprint density at radius 1 is 1.41 bits per heavy atom. The lowest BCUT2D eigenvalue weighted by Crippen LogP contribution is -2.26. The lowest BCUT2D eigenvalue weighted by Gasteiger charge is -2.11. The molecule has 0 unspecified atom stereocenters. The van der Waals surface area contributed by atoms with Crippen molar-refractivity contribution < 1.29 is 0 Å². The highest BCUT2D eigenvalue weighted by atomic mass is 16.1. The van der Waals surface area contributed by atoms with Gasteiger partial charge < -0.3 is 4.57 Å². The fraction of sp³-hybridized carbons (Fsp3) is 0.250. The molecule has 0 aromatic carbocycles. The molecule has 0 amide bonds. The van der Waals surface area contributed by atoms with Crippen LogP contribution >= 0.6 is 0 Å². The van der Waals surface area contributed by atoms with Crippen molar-refractivity contribution in [1.82, 2.24) is 14.1 Å². The maximum atomic E-state index is 12.1. The molecule has 0 bridgehead atoms. The van der Waals surface area contributed by atoms with E-state index in [0.29, 0.717) is 5.69 Å². The molecule has 0 radical (unpaired) electrons. The number of aromatic nitrogens is 3. The average molecular weight is 228 g/mol. The number of nitrogens with zero attached hydrogens (tertiary/aromatic N) is 4. The molecule has 2 aromatic rings. The average Bonchev–Trinajstić information content (AvgIpc) is 2.76. The monoisotopic (exact) mass is 228 g/mol. The van der Waals surface area contributed by atoms with Gasteiger partial charge >= 0.3 is 0 Å². The summed E-state index contributed by atoms with van der Waals surface area (Å²) in [6.07, 6.45) is 4.87. The third-order valence-electron chi connectivity index (χ3n) is 2.50. The Balaban J connectivity index is 2.66. The molecule has 5 heteroatoms. The summed E-state index contributed by atoms with van der Waals surface area (Å²) in [5.41, 5.74) is 0.200. The molecular formula is C12H12N4O. The molecule has 0 aliphatic carbocycles. The molecule has 0 spiro atoms. The van der Waals surface area contributed by atoms with Crippen molar-refractivity contribution in [2.75, 3.05) is 0 Å². The fourth-order valence-corrected chi connectivity index (χ4v) is 1.64. The Morgan fingerprint density at radius 2 is 2.18 bits per heavy atom. The third-order valence-corrected chi connectivity index (χ3v) is 2.50. The summed E-state index contributed by atoms with van der Waals surface area (Å²) in [5.74, 6) is 0.253. The standard InChI is InChI=1S/C12H12N4O/c1-9(2)15-7-5-14-11(12(15)17)16-6-3-4-10(16)8-13/h3-7,9H,1-2H3. The van der Waals surface area contributed by atoms with E-state index in [0.717, 1.165) is 0 Å². The maximum absolute atomic E-state index is 12.1. The lowest BCUT2D eigenvalue weighted by atomic mass is 10.4. The van der Waals surface area contributed by atoms with Crippen molar-refractivity contribution in [2.24, 2.45) is 0 Å².